The zero-order valence-corrected chi connectivity index (χ0v) is 23.1. The van der Waals surface area contributed by atoms with E-state index < -0.39 is 53.7 Å². The minimum atomic E-state index is -1.31. The van der Waals surface area contributed by atoms with Crippen LogP contribution in [0.4, 0.5) is 5.69 Å². The first-order valence-corrected chi connectivity index (χ1v) is 13.1. The van der Waals surface area contributed by atoms with E-state index in [-0.39, 0.29) is 29.4 Å². The first kappa shape index (κ1) is 30.8. The van der Waals surface area contributed by atoms with E-state index in [1.54, 1.807) is 6.92 Å². The molecule has 38 heavy (non-hydrogen) atoms. The number of phenols is 1. The van der Waals surface area contributed by atoms with Crippen molar-refractivity contribution >= 4 is 35.7 Å². The van der Waals surface area contributed by atoms with Gasteiger partial charge in [0.05, 0.1) is 17.2 Å². The molecule has 1 aliphatic rings. The second kappa shape index (κ2) is 13.9. The number of amides is 2. The van der Waals surface area contributed by atoms with Crippen molar-refractivity contribution in [3.05, 3.63) is 23.8 Å². The van der Waals surface area contributed by atoms with E-state index in [0.29, 0.717) is 19.3 Å². The van der Waals surface area contributed by atoms with Crippen LogP contribution < -0.4 is 5.32 Å². The number of Topliss-reactive ketones (excluding diaryl/α,β-unsaturated/α-hetero) is 1. The van der Waals surface area contributed by atoms with Crippen molar-refractivity contribution in [2.45, 2.75) is 85.0 Å². The molecule has 1 saturated heterocycles. The number of nitrogens with zero attached hydrogens (tertiary/aromatic N) is 1. The van der Waals surface area contributed by atoms with Gasteiger partial charge in [0.15, 0.2) is 11.8 Å². The maximum absolute atomic E-state index is 13.4. The number of carbonyl (C=O) groups excluding carboxylic acids is 5. The van der Waals surface area contributed by atoms with Gasteiger partial charge in [-0.1, -0.05) is 39.7 Å². The van der Waals surface area contributed by atoms with Crippen LogP contribution in [0.5, 0.6) is 5.75 Å². The third-order valence-corrected chi connectivity index (χ3v) is 6.90. The molecule has 1 fully saturated rings. The highest BCUT2D eigenvalue weighted by Gasteiger charge is 2.44. The minimum Gasteiger partial charge on any atom is -0.505 e. The van der Waals surface area contributed by atoms with Crippen molar-refractivity contribution in [3.63, 3.8) is 0 Å². The van der Waals surface area contributed by atoms with Gasteiger partial charge in [-0.15, -0.1) is 0 Å². The smallest absolute Gasteiger partial charge is 0.333 e. The van der Waals surface area contributed by atoms with Crippen LogP contribution in [0.2, 0.25) is 0 Å². The molecule has 2 unspecified atom stereocenters. The number of benzene rings is 1. The van der Waals surface area contributed by atoms with Gasteiger partial charge < -0.3 is 24.8 Å². The van der Waals surface area contributed by atoms with E-state index in [1.165, 1.54) is 32.2 Å². The summed E-state index contributed by atoms with van der Waals surface area (Å²) in [4.78, 5) is 64.8. The first-order chi connectivity index (χ1) is 17.9. The fourth-order valence-corrected chi connectivity index (χ4v) is 4.92. The lowest BCUT2D eigenvalue weighted by atomic mass is 9.80. The summed E-state index contributed by atoms with van der Waals surface area (Å²) >= 11 is 0. The third kappa shape index (κ3) is 7.55. The van der Waals surface area contributed by atoms with Gasteiger partial charge in [0.1, 0.15) is 18.0 Å². The highest BCUT2D eigenvalue weighted by molar-refractivity contribution is 6.01. The highest BCUT2D eigenvalue weighted by Crippen LogP contribution is 2.33. The van der Waals surface area contributed by atoms with Crippen LogP contribution >= 0.6 is 0 Å². The van der Waals surface area contributed by atoms with Crippen LogP contribution in [-0.2, 0) is 28.7 Å². The van der Waals surface area contributed by atoms with Gasteiger partial charge in [0.2, 0.25) is 6.41 Å². The average molecular weight is 533 g/mol. The van der Waals surface area contributed by atoms with Gasteiger partial charge in [-0.25, -0.2) is 4.79 Å². The highest BCUT2D eigenvalue weighted by atomic mass is 16.6. The molecule has 1 aliphatic heterocycles. The van der Waals surface area contributed by atoms with Crippen LogP contribution in [0, 0.1) is 17.8 Å². The fraction of sp³-hybridized carbons (Fsp3) is 0.607. The lowest BCUT2D eigenvalue weighted by Crippen LogP contribution is -2.51. The molecule has 0 spiro atoms. The van der Waals surface area contributed by atoms with Crippen LogP contribution in [-0.4, -0.2) is 65.3 Å². The molecule has 0 aromatic heterocycles. The number of anilines is 1. The van der Waals surface area contributed by atoms with Gasteiger partial charge in [-0.05, 0) is 38.3 Å². The van der Waals surface area contributed by atoms with Crippen LogP contribution in [0.1, 0.15) is 77.1 Å². The molecule has 2 amide bonds. The zero-order chi connectivity index (χ0) is 28.6. The number of esters is 2. The molecule has 0 radical (unpaired) electrons. The standard InChI is InChI=1S/C28H40N2O8/c1-7-8-10-20-22(14-19(32)13-16(2)3)17(4)37-28(36)24(18(5)38-27(20)35)30(6)26(34)21-11-9-12-23(25(21)33)29-15-31/h9,11-12,15-18,20,22,24,33H,7-8,10,13-14H2,1-6H3,(H,29,31)/t17-,18?,20+,22+,24?/m0/s1. The molecule has 1 aromatic carbocycles. The van der Waals surface area contributed by atoms with Crippen molar-refractivity contribution in [1.29, 1.82) is 0 Å². The van der Waals surface area contributed by atoms with Crippen molar-refractivity contribution in [3.8, 4) is 5.75 Å². The largest absolute Gasteiger partial charge is 0.505 e. The third-order valence-electron chi connectivity index (χ3n) is 6.90. The van der Waals surface area contributed by atoms with E-state index in [1.807, 2.05) is 20.8 Å². The summed E-state index contributed by atoms with van der Waals surface area (Å²) in [6.07, 6.45) is 0.994. The normalized spacial score (nSPS) is 23.9. The van der Waals surface area contributed by atoms with Gasteiger partial charge in [0, 0.05) is 25.8 Å². The number of hydrogen-bond donors (Lipinski definition) is 2. The first-order valence-electron chi connectivity index (χ1n) is 13.1. The summed E-state index contributed by atoms with van der Waals surface area (Å²) in [6.45, 7) is 9.04. The number of rotatable bonds is 11. The van der Waals surface area contributed by atoms with Gasteiger partial charge in [-0.2, -0.15) is 0 Å². The molecule has 1 heterocycles. The van der Waals surface area contributed by atoms with E-state index in [0.717, 1.165) is 17.7 Å². The van der Waals surface area contributed by atoms with E-state index in [4.69, 9.17) is 9.47 Å². The molecule has 0 bridgehead atoms. The summed E-state index contributed by atoms with van der Waals surface area (Å²) < 4.78 is 11.5. The molecule has 10 nitrogen and oxygen atoms in total. The number of ketones is 1. The molecule has 0 aliphatic carbocycles. The Hall–Kier alpha value is -3.43. The molecule has 2 N–H and O–H groups in total. The Kier molecular flexibility index (Phi) is 11.3. The predicted molar refractivity (Wildman–Crippen MR) is 140 cm³/mol. The van der Waals surface area contributed by atoms with Gasteiger partial charge in [-0.3, -0.25) is 19.2 Å². The number of phenolic OH excluding ortho intramolecular Hbond substituents is 1. The summed E-state index contributed by atoms with van der Waals surface area (Å²) in [5, 5.41) is 12.8. The van der Waals surface area contributed by atoms with Crippen molar-refractivity contribution in [2.75, 3.05) is 12.4 Å². The molecular formula is C28H40N2O8. The average Bonchev–Trinajstić information content (AvgIpc) is 2.86. The van der Waals surface area contributed by atoms with Crippen molar-refractivity contribution in [2.24, 2.45) is 17.8 Å². The summed E-state index contributed by atoms with van der Waals surface area (Å²) in [5.74, 6) is -3.60. The number of ether oxygens (including phenoxy) is 2. The molecule has 210 valence electrons. The summed E-state index contributed by atoms with van der Waals surface area (Å²) in [6, 6.07) is 2.92. The number of aromatic hydroxyl groups is 1. The quantitative estimate of drug-likeness (QED) is 0.250. The second-order valence-electron chi connectivity index (χ2n) is 10.4. The molecular weight excluding hydrogens is 492 g/mol. The molecule has 0 saturated carbocycles. The number of unbranched alkanes of at least 4 members (excludes halogenated alkanes) is 1. The lowest BCUT2D eigenvalue weighted by molar-refractivity contribution is -0.161. The maximum Gasteiger partial charge on any atom is 0.333 e. The fourth-order valence-electron chi connectivity index (χ4n) is 4.92. The Labute approximate surface area is 224 Å². The summed E-state index contributed by atoms with van der Waals surface area (Å²) in [7, 11) is 1.35. The predicted octanol–water partition coefficient (Wildman–Crippen LogP) is 3.71. The van der Waals surface area contributed by atoms with Crippen LogP contribution in [0.25, 0.3) is 0 Å². The number of carbonyl (C=O) groups is 5. The number of nitrogens with one attached hydrogen (secondary N) is 1. The van der Waals surface area contributed by atoms with Gasteiger partial charge >= 0.3 is 11.9 Å². The Morgan fingerprint density at radius 1 is 1.13 bits per heavy atom. The van der Waals surface area contributed by atoms with E-state index in [9.17, 15) is 29.1 Å². The second-order valence-corrected chi connectivity index (χ2v) is 10.4. The van der Waals surface area contributed by atoms with E-state index >= 15 is 0 Å². The van der Waals surface area contributed by atoms with E-state index in [2.05, 4.69) is 5.32 Å². The molecule has 1 aromatic rings. The number of cyclic esters (lactones) is 2. The van der Waals surface area contributed by atoms with Gasteiger partial charge in [0.25, 0.3) is 5.91 Å². The number of hydrogen-bond acceptors (Lipinski definition) is 8. The Bertz CT molecular complexity index is 1020. The topological polar surface area (TPSA) is 139 Å². The SMILES string of the molecule is CCCC[C@H]1C(=O)OC(C)C(N(C)C(=O)c2cccc(NC=O)c2O)C(=O)O[C@@H](C)[C@H]1CC(=O)CC(C)C. The number of likely N-dealkylation sites (N-methyl/N-ethyl adjacent to an activating group) is 1. The Balaban J connectivity index is 2.42. The molecule has 5 atom stereocenters. The Morgan fingerprint density at radius 2 is 1.79 bits per heavy atom. The maximum atomic E-state index is 13.4. The van der Waals surface area contributed by atoms with Crippen molar-refractivity contribution in [1.82, 2.24) is 4.90 Å². The molecule has 10 heteroatoms. The zero-order valence-electron chi connectivity index (χ0n) is 23.1. The monoisotopic (exact) mass is 532 g/mol. The van der Waals surface area contributed by atoms with Crippen LogP contribution in [0.15, 0.2) is 18.2 Å². The van der Waals surface area contributed by atoms with Crippen LogP contribution in [0.3, 0.4) is 0 Å². The molecule has 2 rings (SSSR count). The number of para-hydroxylation sites is 1. The minimum absolute atomic E-state index is 0.0161. The van der Waals surface area contributed by atoms with Crippen molar-refractivity contribution < 1.29 is 38.6 Å². The Morgan fingerprint density at radius 3 is 2.39 bits per heavy atom. The summed E-state index contributed by atoms with van der Waals surface area (Å²) in [5.41, 5.74) is -0.131. The lowest BCUT2D eigenvalue weighted by Gasteiger charge is -2.31.